The molecule has 0 saturated carbocycles. The SMILES string of the molecule is CC#C[C@H]1CCCN1. The van der Waals surface area contributed by atoms with Gasteiger partial charge in [-0.1, -0.05) is 5.92 Å². The molecule has 44 valence electrons. The summed E-state index contributed by atoms with van der Waals surface area (Å²) in [6.45, 7) is 3.04. The summed E-state index contributed by atoms with van der Waals surface area (Å²) in [6, 6.07) is 0.500. The lowest BCUT2D eigenvalue weighted by Gasteiger charge is -1.95. The average Bonchev–Trinajstić information content (AvgIpc) is 2.19. The predicted octanol–water partition coefficient (Wildman–Crippen LogP) is 0.762. The predicted molar refractivity (Wildman–Crippen MR) is 34.5 cm³/mol. The van der Waals surface area contributed by atoms with Crippen LogP contribution in [0.4, 0.5) is 0 Å². The van der Waals surface area contributed by atoms with Crippen LogP contribution in [0.5, 0.6) is 0 Å². The number of hydrogen-bond donors (Lipinski definition) is 1. The second-order valence-electron chi connectivity index (χ2n) is 2.04. The highest BCUT2D eigenvalue weighted by molar-refractivity contribution is 5.06. The standard InChI is InChI=1S/C7H11N/c1-2-4-7-5-3-6-8-7/h7-8H,3,5-6H2,1H3/t7-/m0/s1. The highest BCUT2D eigenvalue weighted by atomic mass is 14.9. The van der Waals surface area contributed by atoms with Crippen LogP contribution in [0.25, 0.3) is 0 Å². The van der Waals surface area contributed by atoms with Gasteiger partial charge in [0.05, 0.1) is 6.04 Å². The third-order valence-electron chi connectivity index (χ3n) is 1.38. The molecule has 1 aliphatic rings. The van der Waals surface area contributed by atoms with Gasteiger partial charge in [0.25, 0.3) is 0 Å². The molecular weight excluding hydrogens is 98.1 g/mol. The summed E-state index contributed by atoms with van der Waals surface area (Å²) in [5, 5.41) is 3.28. The van der Waals surface area contributed by atoms with E-state index in [9.17, 15) is 0 Å². The Hall–Kier alpha value is -0.480. The van der Waals surface area contributed by atoms with Gasteiger partial charge in [-0.05, 0) is 26.3 Å². The molecule has 0 bridgehead atoms. The molecule has 0 aliphatic carbocycles. The van der Waals surface area contributed by atoms with E-state index in [0.29, 0.717) is 6.04 Å². The fourth-order valence-electron chi connectivity index (χ4n) is 0.982. The zero-order chi connectivity index (χ0) is 5.82. The summed E-state index contributed by atoms with van der Waals surface area (Å²) in [4.78, 5) is 0. The summed E-state index contributed by atoms with van der Waals surface area (Å²) >= 11 is 0. The molecule has 1 N–H and O–H groups in total. The number of hydrogen-bond acceptors (Lipinski definition) is 1. The Labute approximate surface area is 50.5 Å². The van der Waals surface area contributed by atoms with E-state index in [1.54, 1.807) is 0 Å². The Morgan fingerprint density at radius 3 is 3.00 bits per heavy atom. The van der Waals surface area contributed by atoms with Gasteiger partial charge in [-0.2, -0.15) is 0 Å². The first-order valence-electron chi connectivity index (χ1n) is 3.09. The van der Waals surface area contributed by atoms with Gasteiger partial charge in [0.1, 0.15) is 0 Å². The van der Waals surface area contributed by atoms with Crippen LogP contribution in [0.15, 0.2) is 0 Å². The van der Waals surface area contributed by atoms with Crippen molar-refractivity contribution in [1.29, 1.82) is 0 Å². The molecule has 1 atom stereocenters. The van der Waals surface area contributed by atoms with Gasteiger partial charge in [0.15, 0.2) is 0 Å². The molecule has 0 aromatic heterocycles. The van der Waals surface area contributed by atoms with E-state index < -0.39 is 0 Å². The molecule has 1 nitrogen and oxygen atoms in total. The Bertz CT molecular complexity index is 112. The Balaban J connectivity index is 2.32. The second-order valence-corrected chi connectivity index (χ2v) is 2.04. The maximum atomic E-state index is 3.28. The van der Waals surface area contributed by atoms with E-state index in [4.69, 9.17) is 0 Å². The number of rotatable bonds is 0. The first-order valence-corrected chi connectivity index (χ1v) is 3.09. The molecule has 1 aliphatic heterocycles. The van der Waals surface area contributed by atoms with Crippen molar-refractivity contribution in [3.05, 3.63) is 0 Å². The Morgan fingerprint density at radius 2 is 2.50 bits per heavy atom. The minimum absolute atomic E-state index is 0.500. The molecule has 0 aromatic rings. The number of nitrogens with one attached hydrogen (secondary N) is 1. The topological polar surface area (TPSA) is 12.0 Å². The highest BCUT2D eigenvalue weighted by Crippen LogP contribution is 2.02. The van der Waals surface area contributed by atoms with Crippen LogP contribution in [-0.4, -0.2) is 12.6 Å². The van der Waals surface area contributed by atoms with E-state index in [1.165, 1.54) is 12.8 Å². The summed E-state index contributed by atoms with van der Waals surface area (Å²) in [6.07, 6.45) is 2.53. The Morgan fingerprint density at radius 1 is 1.62 bits per heavy atom. The summed E-state index contributed by atoms with van der Waals surface area (Å²) in [7, 11) is 0. The van der Waals surface area contributed by atoms with Gasteiger partial charge in [0.2, 0.25) is 0 Å². The van der Waals surface area contributed by atoms with E-state index in [2.05, 4.69) is 17.2 Å². The van der Waals surface area contributed by atoms with Gasteiger partial charge in [-0.3, -0.25) is 0 Å². The molecule has 8 heavy (non-hydrogen) atoms. The quantitative estimate of drug-likeness (QED) is 0.453. The molecule has 1 fully saturated rings. The molecule has 0 aromatic carbocycles. The maximum absolute atomic E-state index is 3.28. The van der Waals surface area contributed by atoms with Crippen LogP contribution >= 0.6 is 0 Å². The minimum atomic E-state index is 0.500. The zero-order valence-corrected chi connectivity index (χ0v) is 5.20. The Kier molecular flexibility index (Phi) is 1.93. The summed E-state index contributed by atoms with van der Waals surface area (Å²) < 4.78 is 0. The third kappa shape index (κ3) is 1.24. The summed E-state index contributed by atoms with van der Waals surface area (Å²) in [5.41, 5.74) is 0. The second kappa shape index (κ2) is 2.74. The molecule has 1 rings (SSSR count). The maximum Gasteiger partial charge on any atom is 0.0689 e. The monoisotopic (exact) mass is 109 g/mol. The molecule has 1 heterocycles. The lowest BCUT2D eigenvalue weighted by molar-refractivity contribution is 0.749. The molecular formula is C7H11N. The summed E-state index contributed by atoms with van der Waals surface area (Å²) in [5.74, 6) is 5.98. The van der Waals surface area contributed by atoms with E-state index in [0.717, 1.165) is 6.54 Å². The lowest BCUT2D eigenvalue weighted by atomic mass is 10.2. The van der Waals surface area contributed by atoms with Crippen molar-refractivity contribution in [3.63, 3.8) is 0 Å². The van der Waals surface area contributed by atoms with Crippen LogP contribution in [0.3, 0.4) is 0 Å². The minimum Gasteiger partial charge on any atom is -0.304 e. The van der Waals surface area contributed by atoms with Crippen molar-refractivity contribution in [2.24, 2.45) is 0 Å². The van der Waals surface area contributed by atoms with Crippen LogP contribution < -0.4 is 5.32 Å². The molecule has 0 amide bonds. The van der Waals surface area contributed by atoms with Crippen LogP contribution in [0.2, 0.25) is 0 Å². The van der Waals surface area contributed by atoms with Crippen molar-refractivity contribution in [1.82, 2.24) is 5.32 Å². The normalized spacial score (nSPS) is 26.9. The molecule has 1 saturated heterocycles. The van der Waals surface area contributed by atoms with Crippen molar-refractivity contribution < 1.29 is 0 Å². The van der Waals surface area contributed by atoms with Gasteiger partial charge < -0.3 is 5.32 Å². The molecule has 0 unspecified atom stereocenters. The van der Waals surface area contributed by atoms with Crippen LogP contribution in [-0.2, 0) is 0 Å². The lowest BCUT2D eigenvalue weighted by Crippen LogP contribution is -2.18. The van der Waals surface area contributed by atoms with E-state index in [1.807, 2.05) is 6.92 Å². The van der Waals surface area contributed by atoms with Crippen LogP contribution in [0.1, 0.15) is 19.8 Å². The van der Waals surface area contributed by atoms with Crippen molar-refractivity contribution >= 4 is 0 Å². The van der Waals surface area contributed by atoms with Crippen molar-refractivity contribution in [2.75, 3.05) is 6.54 Å². The van der Waals surface area contributed by atoms with Gasteiger partial charge in [-0.25, -0.2) is 0 Å². The zero-order valence-electron chi connectivity index (χ0n) is 5.20. The van der Waals surface area contributed by atoms with Crippen molar-refractivity contribution in [2.45, 2.75) is 25.8 Å². The largest absolute Gasteiger partial charge is 0.304 e. The fourth-order valence-corrected chi connectivity index (χ4v) is 0.982. The average molecular weight is 109 g/mol. The van der Waals surface area contributed by atoms with Gasteiger partial charge in [0, 0.05) is 0 Å². The first-order chi connectivity index (χ1) is 3.93. The molecule has 1 heteroatoms. The third-order valence-corrected chi connectivity index (χ3v) is 1.38. The highest BCUT2D eigenvalue weighted by Gasteiger charge is 2.08. The van der Waals surface area contributed by atoms with E-state index >= 15 is 0 Å². The van der Waals surface area contributed by atoms with Crippen molar-refractivity contribution in [3.8, 4) is 11.8 Å². The molecule has 0 spiro atoms. The molecule has 0 radical (unpaired) electrons. The van der Waals surface area contributed by atoms with E-state index in [-0.39, 0.29) is 0 Å². The fraction of sp³-hybridized carbons (Fsp3) is 0.714. The van der Waals surface area contributed by atoms with Gasteiger partial charge in [-0.15, -0.1) is 5.92 Å². The smallest absolute Gasteiger partial charge is 0.0689 e. The van der Waals surface area contributed by atoms with Gasteiger partial charge >= 0.3 is 0 Å². The first kappa shape index (κ1) is 5.65. The van der Waals surface area contributed by atoms with Crippen LogP contribution in [0, 0.1) is 11.8 Å².